The fraction of sp³-hybridized carbons (Fsp3) is 1.00. The summed E-state index contributed by atoms with van der Waals surface area (Å²) in [6.45, 7) is 10.3. The highest BCUT2D eigenvalue weighted by molar-refractivity contribution is 4.94. The fourth-order valence-corrected chi connectivity index (χ4v) is 1.42. The van der Waals surface area contributed by atoms with Crippen LogP contribution < -0.4 is 5.32 Å². The maximum absolute atomic E-state index is 3.62. The molecule has 1 rings (SSSR count). The fourth-order valence-electron chi connectivity index (χ4n) is 1.42. The summed E-state index contributed by atoms with van der Waals surface area (Å²) in [4.78, 5) is 0. The van der Waals surface area contributed by atoms with Gasteiger partial charge in [0, 0.05) is 5.54 Å². The molecule has 1 fully saturated rings. The van der Waals surface area contributed by atoms with Gasteiger partial charge in [-0.15, -0.1) is 0 Å². The van der Waals surface area contributed by atoms with E-state index in [4.69, 9.17) is 0 Å². The maximum Gasteiger partial charge on any atom is 0.0153 e. The quantitative estimate of drug-likeness (QED) is 0.657. The molecule has 66 valence electrons. The van der Waals surface area contributed by atoms with E-state index in [1.807, 2.05) is 0 Å². The van der Waals surface area contributed by atoms with Gasteiger partial charge >= 0.3 is 0 Å². The van der Waals surface area contributed by atoms with Crippen LogP contribution in [0.25, 0.3) is 0 Å². The van der Waals surface area contributed by atoms with Crippen molar-refractivity contribution in [3.8, 4) is 0 Å². The highest BCUT2D eigenvalue weighted by Crippen LogP contribution is 2.39. The normalized spacial score (nSPS) is 19.4. The number of rotatable bonds is 4. The van der Waals surface area contributed by atoms with Gasteiger partial charge in [0.2, 0.25) is 0 Å². The van der Waals surface area contributed by atoms with Gasteiger partial charge in [-0.3, -0.25) is 0 Å². The first-order chi connectivity index (χ1) is 5.02. The van der Waals surface area contributed by atoms with E-state index in [-0.39, 0.29) is 0 Å². The summed E-state index contributed by atoms with van der Waals surface area (Å²) >= 11 is 0. The van der Waals surface area contributed by atoms with Gasteiger partial charge in [-0.25, -0.2) is 0 Å². The van der Waals surface area contributed by atoms with Crippen LogP contribution in [0, 0.1) is 11.8 Å². The lowest BCUT2D eigenvalue weighted by atomic mass is 9.98. The molecule has 0 saturated heterocycles. The van der Waals surface area contributed by atoms with Crippen LogP contribution in [0.5, 0.6) is 0 Å². The molecule has 1 heteroatoms. The zero-order valence-electron chi connectivity index (χ0n) is 8.28. The lowest BCUT2D eigenvalue weighted by Crippen LogP contribution is -2.43. The first-order valence-electron chi connectivity index (χ1n) is 4.77. The standard InChI is InChI=1S/C10H21N/c1-8(2)7-11-10(3,4)9-5-6-9/h8-9,11H,5-7H2,1-4H3. The monoisotopic (exact) mass is 155 g/mol. The van der Waals surface area contributed by atoms with Crippen LogP contribution in [0.15, 0.2) is 0 Å². The van der Waals surface area contributed by atoms with Crippen molar-refractivity contribution in [3.63, 3.8) is 0 Å². The molecule has 1 aliphatic carbocycles. The van der Waals surface area contributed by atoms with Crippen LogP contribution in [0.3, 0.4) is 0 Å². The summed E-state index contributed by atoms with van der Waals surface area (Å²) in [6, 6.07) is 0. The van der Waals surface area contributed by atoms with Gasteiger partial charge < -0.3 is 5.32 Å². The molecule has 0 aliphatic heterocycles. The third-order valence-electron chi connectivity index (χ3n) is 2.56. The van der Waals surface area contributed by atoms with Crippen molar-refractivity contribution in [3.05, 3.63) is 0 Å². The maximum atomic E-state index is 3.62. The predicted octanol–water partition coefficient (Wildman–Crippen LogP) is 2.42. The Morgan fingerprint density at radius 3 is 2.27 bits per heavy atom. The van der Waals surface area contributed by atoms with Crippen molar-refractivity contribution in [1.29, 1.82) is 0 Å². The molecule has 0 spiro atoms. The molecule has 0 aromatic carbocycles. The Morgan fingerprint density at radius 1 is 1.36 bits per heavy atom. The van der Waals surface area contributed by atoms with Gasteiger partial charge in [0.25, 0.3) is 0 Å². The van der Waals surface area contributed by atoms with E-state index in [0.717, 1.165) is 18.4 Å². The second-order valence-corrected chi connectivity index (χ2v) is 4.77. The van der Waals surface area contributed by atoms with E-state index in [1.54, 1.807) is 0 Å². The van der Waals surface area contributed by atoms with E-state index in [0.29, 0.717) is 5.54 Å². The van der Waals surface area contributed by atoms with Crippen molar-refractivity contribution >= 4 is 0 Å². The minimum absolute atomic E-state index is 0.393. The van der Waals surface area contributed by atoms with Gasteiger partial charge in [0.15, 0.2) is 0 Å². The molecule has 0 atom stereocenters. The van der Waals surface area contributed by atoms with E-state index in [9.17, 15) is 0 Å². The van der Waals surface area contributed by atoms with Crippen LogP contribution in [-0.2, 0) is 0 Å². The third kappa shape index (κ3) is 2.82. The Bertz CT molecular complexity index is 123. The van der Waals surface area contributed by atoms with Gasteiger partial charge in [-0.1, -0.05) is 13.8 Å². The molecule has 1 aliphatic rings. The predicted molar refractivity (Wildman–Crippen MR) is 49.6 cm³/mol. The van der Waals surface area contributed by atoms with Crippen LogP contribution in [0.4, 0.5) is 0 Å². The minimum Gasteiger partial charge on any atom is -0.311 e. The molecule has 0 aromatic heterocycles. The van der Waals surface area contributed by atoms with E-state index < -0.39 is 0 Å². The van der Waals surface area contributed by atoms with Crippen LogP contribution >= 0.6 is 0 Å². The summed E-state index contributed by atoms with van der Waals surface area (Å²) in [5.74, 6) is 1.72. The Labute approximate surface area is 70.6 Å². The van der Waals surface area contributed by atoms with Gasteiger partial charge in [0.05, 0.1) is 0 Å². The molecule has 0 unspecified atom stereocenters. The second-order valence-electron chi connectivity index (χ2n) is 4.77. The average molecular weight is 155 g/mol. The Balaban J connectivity index is 2.22. The highest BCUT2D eigenvalue weighted by atomic mass is 15.0. The zero-order valence-corrected chi connectivity index (χ0v) is 8.28. The van der Waals surface area contributed by atoms with Crippen molar-refractivity contribution in [2.45, 2.75) is 46.1 Å². The number of hydrogen-bond acceptors (Lipinski definition) is 1. The molecule has 0 heterocycles. The zero-order chi connectivity index (χ0) is 8.48. The largest absolute Gasteiger partial charge is 0.311 e. The molecular weight excluding hydrogens is 134 g/mol. The summed E-state index contributed by atoms with van der Waals surface area (Å²) < 4.78 is 0. The SMILES string of the molecule is CC(C)CNC(C)(C)C1CC1. The van der Waals surface area contributed by atoms with E-state index >= 15 is 0 Å². The third-order valence-corrected chi connectivity index (χ3v) is 2.56. The van der Waals surface area contributed by atoms with Crippen molar-refractivity contribution in [1.82, 2.24) is 5.32 Å². The molecule has 1 N–H and O–H groups in total. The summed E-state index contributed by atoms with van der Waals surface area (Å²) in [7, 11) is 0. The number of nitrogens with one attached hydrogen (secondary N) is 1. The Kier molecular flexibility index (Phi) is 2.58. The van der Waals surface area contributed by atoms with Gasteiger partial charge in [-0.2, -0.15) is 0 Å². The van der Waals surface area contributed by atoms with Crippen LogP contribution in [-0.4, -0.2) is 12.1 Å². The van der Waals surface area contributed by atoms with Crippen LogP contribution in [0.2, 0.25) is 0 Å². The topological polar surface area (TPSA) is 12.0 Å². The molecule has 1 nitrogen and oxygen atoms in total. The first-order valence-corrected chi connectivity index (χ1v) is 4.77. The molecular formula is C10H21N. The molecule has 1 saturated carbocycles. The average Bonchev–Trinajstić information content (AvgIpc) is 2.64. The lowest BCUT2D eigenvalue weighted by Gasteiger charge is -2.27. The summed E-state index contributed by atoms with van der Waals surface area (Å²) in [5.41, 5.74) is 0.393. The molecule has 0 radical (unpaired) electrons. The molecule has 11 heavy (non-hydrogen) atoms. The van der Waals surface area contributed by atoms with E-state index in [2.05, 4.69) is 33.0 Å². The number of hydrogen-bond donors (Lipinski definition) is 1. The Morgan fingerprint density at radius 2 is 1.91 bits per heavy atom. The molecule has 0 amide bonds. The summed E-state index contributed by atoms with van der Waals surface area (Å²) in [6.07, 6.45) is 2.86. The van der Waals surface area contributed by atoms with Crippen molar-refractivity contribution < 1.29 is 0 Å². The first kappa shape index (κ1) is 9.05. The van der Waals surface area contributed by atoms with Gasteiger partial charge in [0.1, 0.15) is 0 Å². The van der Waals surface area contributed by atoms with E-state index in [1.165, 1.54) is 12.8 Å². The highest BCUT2D eigenvalue weighted by Gasteiger charge is 2.36. The van der Waals surface area contributed by atoms with Crippen LogP contribution in [0.1, 0.15) is 40.5 Å². The summed E-state index contributed by atoms with van der Waals surface area (Å²) in [5, 5.41) is 3.62. The smallest absolute Gasteiger partial charge is 0.0153 e. The van der Waals surface area contributed by atoms with Crippen molar-refractivity contribution in [2.24, 2.45) is 11.8 Å². The lowest BCUT2D eigenvalue weighted by molar-refractivity contribution is 0.323. The van der Waals surface area contributed by atoms with Gasteiger partial charge in [-0.05, 0) is 45.1 Å². The minimum atomic E-state index is 0.393. The van der Waals surface area contributed by atoms with Crippen molar-refractivity contribution in [2.75, 3.05) is 6.54 Å². The Hall–Kier alpha value is -0.0400. The molecule has 0 aromatic rings. The molecule has 0 bridgehead atoms. The second kappa shape index (κ2) is 3.14.